The molecule has 1 N–H and O–H groups in total. The van der Waals surface area contributed by atoms with E-state index in [2.05, 4.69) is 14.9 Å². The summed E-state index contributed by atoms with van der Waals surface area (Å²) in [6.45, 7) is 0.410. The van der Waals surface area contributed by atoms with Crippen LogP contribution in [-0.4, -0.2) is 15.5 Å². The highest BCUT2D eigenvalue weighted by molar-refractivity contribution is 6.31. The molecule has 1 aromatic heterocycles. The summed E-state index contributed by atoms with van der Waals surface area (Å²) >= 11 is 6.13. The Labute approximate surface area is 151 Å². The highest BCUT2D eigenvalue weighted by atomic mass is 35.5. The Morgan fingerprint density at radius 3 is 2.80 bits per heavy atom. The number of carbonyl (C=O) groups is 1. The van der Waals surface area contributed by atoms with Crippen molar-refractivity contribution >= 4 is 28.5 Å². The van der Waals surface area contributed by atoms with E-state index in [1.54, 1.807) is 0 Å². The Bertz CT molecular complexity index is 912. The molecular weight excluding hydrogens is 334 g/mol. The fourth-order valence-electron chi connectivity index (χ4n) is 3.57. The van der Waals surface area contributed by atoms with Crippen LogP contribution in [0.2, 0.25) is 5.02 Å². The maximum absolute atomic E-state index is 12.4. The van der Waals surface area contributed by atoms with E-state index in [1.807, 2.05) is 48.8 Å². The molecule has 0 saturated heterocycles. The van der Waals surface area contributed by atoms with Crippen LogP contribution in [-0.2, 0) is 6.54 Å². The maximum atomic E-state index is 12.4. The second-order valence-corrected chi connectivity index (χ2v) is 6.97. The molecule has 0 bridgehead atoms. The van der Waals surface area contributed by atoms with Gasteiger partial charge in [-0.2, -0.15) is 0 Å². The van der Waals surface area contributed by atoms with Crippen molar-refractivity contribution in [1.29, 1.82) is 0 Å². The quantitative estimate of drug-likeness (QED) is 0.736. The van der Waals surface area contributed by atoms with E-state index in [4.69, 9.17) is 11.6 Å². The normalized spacial score (nSPS) is 14.9. The number of carbonyl (C=O) groups excluding carboxylic acids is 1. The van der Waals surface area contributed by atoms with Crippen molar-refractivity contribution in [3.05, 3.63) is 64.9 Å². The van der Waals surface area contributed by atoms with Crippen molar-refractivity contribution in [2.24, 2.45) is 0 Å². The van der Waals surface area contributed by atoms with Gasteiger partial charge in [0.2, 0.25) is 0 Å². The van der Waals surface area contributed by atoms with Crippen LogP contribution in [0.15, 0.2) is 48.8 Å². The number of rotatable bonds is 4. The minimum Gasteiger partial charge on any atom is -0.348 e. The summed E-state index contributed by atoms with van der Waals surface area (Å²) in [5, 5.41) is 3.59. The lowest BCUT2D eigenvalue weighted by atomic mass is 10.1. The molecule has 25 heavy (non-hydrogen) atoms. The number of hydrogen-bond acceptors (Lipinski definition) is 2. The Morgan fingerprint density at radius 2 is 2.00 bits per heavy atom. The first-order valence-corrected chi connectivity index (χ1v) is 9.08. The van der Waals surface area contributed by atoms with Crippen LogP contribution in [0.1, 0.15) is 47.6 Å². The van der Waals surface area contributed by atoms with Gasteiger partial charge in [-0.15, -0.1) is 0 Å². The minimum atomic E-state index is -0.114. The zero-order valence-corrected chi connectivity index (χ0v) is 14.7. The van der Waals surface area contributed by atoms with Gasteiger partial charge in [-0.25, -0.2) is 4.98 Å². The number of amides is 1. The van der Waals surface area contributed by atoms with E-state index in [1.165, 1.54) is 25.7 Å². The summed E-state index contributed by atoms with van der Waals surface area (Å²) in [5.41, 5.74) is 3.51. The SMILES string of the molecule is O=C(NCc1ccccc1Cl)c1ccc2c(c1)ncn2C1CCCC1. The van der Waals surface area contributed by atoms with Gasteiger partial charge in [-0.1, -0.05) is 42.6 Å². The zero-order valence-electron chi connectivity index (χ0n) is 13.9. The van der Waals surface area contributed by atoms with E-state index in [0.717, 1.165) is 16.6 Å². The summed E-state index contributed by atoms with van der Waals surface area (Å²) in [6.07, 6.45) is 6.91. The highest BCUT2D eigenvalue weighted by Crippen LogP contribution is 2.32. The minimum absolute atomic E-state index is 0.114. The predicted molar refractivity (Wildman–Crippen MR) is 99.9 cm³/mol. The van der Waals surface area contributed by atoms with Crippen LogP contribution in [0.3, 0.4) is 0 Å². The molecule has 2 aromatic carbocycles. The third kappa shape index (κ3) is 3.27. The molecular formula is C20H20ClN3O. The topological polar surface area (TPSA) is 46.9 Å². The summed E-state index contributed by atoms with van der Waals surface area (Å²) in [5.74, 6) is -0.114. The second-order valence-electron chi connectivity index (χ2n) is 6.57. The summed E-state index contributed by atoms with van der Waals surface area (Å²) in [7, 11) is 0. The number of imidazole rings is 1. The Kier molecular flexibility index (Phi) is 4.45. The molecule has 1 amide bonds. The number of benzene rings is 2. The van der Waals surface area contributed by atoms with Gasteiger partial charge in [0.05, 0.1) is 17.4 Å². The third-order valence-corrected chi connectivity index (χ3v) is 5.32. The van der Waals surface area contributed by atoms with Crippen molar-refractivity contribution in [3.63, 3.8) is 0 Å². The second kappa shape index (κ2) is 6.89. The molecule has 1 saturated carbocycles. The lowest BCUT2D eigenvalue weighted by Crippen LogP contribution is -2.22. The van der Waals surface area contributed by atoms with Gasteiger partial charge >= 0.3 is 0 Å². The summed E-state index contributed by atoms with van der Waals surface area (Å²) in [4.78, 5) is 16.9. The molecule has 0 atom stereocenters. The van der Waals surface area contributed by atoms with Crippen LogP contribution in [0.5, 0.6) is 0 Å². The van der Waals surface area contributed by atoms with Gasteiger partial charge in [0.15, 0.2) is 0 Å². The van der Waals surface area contributed by atoms with Crippen molar-refractivity contribution in [2.75, 3.05) is 0 Å². The molecule has 1 heterocycles. The van der Waals surface area contributed by atoms with Crippen LogP contribution in [0, 0.1) is 0 Å². The first kappa shape index (κ1) is 16.2. The number of nitrogens with one attached hydrogen (secondary N) is 1. The van der Waals surface area contributed by atoms with Crippen LogP contribution in [0.25, 0.3) is 11.0 Å². The summed E-state index contributed by atoms with van der Waals surface area (Å²) in [6, 6.07) is 13.8. The third-order valence-electron chi connectivity index (χ3n) is 4.95. The number of nitrogens with zero attached hydrogens (tertiary/aromatic N) is 2. The number of fused-ring (bicyclic) bond motifs is 1. The van der Waals surface area contributed by atoms with E-state index >= 15 is 0 Å². The molecule has 3 aromatic rings. The maximum Gasteiger partial charge on any atom is 0.251 e. The highest BCUT2D eigenvalue weighted by Gasteiger charge is 2.19. The number of aromatic nitrogens is 2. The fraction of sp³-hybridized carbons (Fsp3) is 0.300. The Morgan fingerprint density at radius 1 is 1.20 bits per heavy atom. The van der Waals surface area contributed by atoms with E-state index < -0.39 is 0 Å². The summed E-state index contributed by atoms with van der Waals surface area (Å²) < 4.78 is 2.26. The average Bonchev–Trinajstić information content (AvgIpc) is 3.29. The monoisotopic (exact) mass is 353 g/mol. The average molecular weight is 354 g/mol. The molecule has 4 rings (SSSR count). The van der Waals surface area contributed by atoms with Crippen LogP contribution < -0.4 is 5.32 Å². The van der Waals surface area contributed by atoms with Gasteiger partial charge in [0.1, 0.15) is 0 Å². The van der Waals surface area contributed by atoms with Gasteiger partial charge in [0.25, 0.3) is 5.91 Å². The lowest BCUT2D eigenvalue weighted by molar-refractivity contribution is 0.0951. The molecule has 0 aliphatic heterocycles. The van der Waals surface area contributed by atoms with Gasteiger partial charge < -0.3 is 9.88 Å². The van der Waals surface area contributed by atoms with Crippen molar-refractivity contribution in [1.82, 2.24) is 14.9 Å². The fourth-order valence-corrected chi connectivity index (χ4v) is 3.77. The van der Waals surface area contributed by atoms with Gasteiger partial charge in [-0.05, 0) is 42.7 Å². The van der Waals surface area contributed by atoms with Crippen LogP contribution >= 0.6 is 11.6 Å². The molecule has 1 fully saturated rings. The molecule has 1 aliphatic rings. The zero-order chi connectivity index (χ0) is 17.2. The molecule has 128 valence electrons. The smallest absolute Gasteiger partial charge is 0.251 e. The van der Waals surface area contributed by atoms with E-state index in [-0.39, 0.29) is 5.91 Å². The first-order chi connectivity index (χ1) is 12.2. The predicted octanol–water partition coefficient (Wildman–Crippen LogP) is 4.73. The molecule has 1 aliphatic carbocycles. The molecule has 4 nitrogen and oxygen atoms in total. The van der Waals surface area contributed by atoms with Crippen molar-refractivity contribution < 1.29 is 4.79 Å². The largest absolute Gasteiger partial charge is 0.348 e. The van der Waals surface area contributed by atoms with Crippen molar-refractivity contribution in [3.8, 4) is 0 Å². The van der Waals surface area contributed by atoms with E-state index in [0.29, 0.717) is 23.2 Å². The van der Waals surface area contributed by atoms with Crippen LogP contribution in [0.4, 0.5) is 0 Å². The standard InChI is InChI=1S/C20H20ClN3O/c21-17-8-4-1-5-15(17)12-22-20(25)14-9-10-19-18(11-14)23-13-24(19)16-6-2-3-7-16/h1,4-5,8-11,13,16H,2-3,6-7,12H2,(H,22,25). The number of halogens is 1. The van der Waals surface area contributed by atoms with Crippen molar-refractivity contribution in [2.45, 2.75) is 38.3 Å². The Hall–Kier alpha value is -2.33. The molecule has 0 unspecified atom stereocenters. The van der Waals surface area contributed by atoms with Gasteiger partial charge in [0, 0.05) is 23.2 Å². The molecule has 0 radical (unpaired) electrons. The number of hydrogen-bond donors (Lipinski definition) is 1. The Balaban J connectivity index is 1.51. The lowest BCUT2D eigenvalue weighted by Gasteiger charge is -2.12. The molecule has 5 heteroatoms. The first-order valence-electron chi connectivity index (χ1n) is 8.70. The van der Waals surface area contributed by atoms with Gasteiger partial charge in [-0.3, -0.25) is 4.79 Å². The van der Waals surface area contributed by atoms with E-state index in [9.17, 15) is 4.79 Å². The molecule has 0 spiro atoms.